The lowest BCUT2D eigenvalue weighted by molar-refractivity contribution is -0.128. The molecule has 1 atom stereocenters. The van der Waals surface area contributed by atoms with Crippen molar-refractivity contribution in [1.29, 1.82) is 0 Å². The van der Waals surface area contributed by atoms with Gasteiger partial charge in [0.15, 0.2) is 0 Å². The largest absolute Gasteiger partial charge is 0.338 e. The monoisotopic (exact) mass is 399 g/mol. The normalized spacial score (nSPS) is 16.5. The Morgan fingerprint density at radius 1 is 0.900 bits per heavy atom. The average Bonchev–Trinajstić information content (AvgIpc) is 3.31. The predicted octanol–water partition coefficient (Wildman–Crippen LogP) is 4.74. The van der Waals surface area contributed by atoms with E-state index in [0.717, 1.165) is 22.4 Å². The van der Waals surface area contributed by atoms with E-state index in [1.165, 1.54) is 6.07 Å². The first-order chi connectivity index (χ1) is 14.7. The Hall–Kier alpha value is -3.47. The third-order valence-corrected chi connectivity index (χ3v) is 5.77. The van der Waals surface area contributed by atoms with E-state index in [1.54, 1.807) is 12.1 Å². The van der Waals surface area contributed by atoms with E-state index in [1.807, 2.05) is 65.6 Å². The number of hydrogen-bond acceptors (Lipinski definition) is 2. The molecule has 4 aromatic rings. The van der Waals surface area contributed by atoms with Crippen LogP contribution in [-0.4, -0.2) is 26.9 Å². The Morgan fingerprint density at radius 2 is 1.63 bits per heavy atom. The maximum atomic E-state index is 14.4. The molecule has 0 saturated carbocycles. The van der Waals surface area contributed by atoms with Gasteiger partial charge in [0.05, 0.1) is 17.6 Å². The highest BCUT2D eigenvalue weighted by molar-refractivity contribution is 5.81. The SMILES string of the molecule is O=C1C[C@H](c2nc3ccccc3n2Cc2ccccc2F)CN1Cc1ccccc1. The van der Waals surface area contributed by atoms with Crippen molar-refractivity contribution in [2.24, 2.45) is 0 Å². The van der Waals surface area contributed by atoms with Gasteiger partial charge in [0.2, 0.25) is 5.91 Å². The number of carbonyl (C=O) groups excluding carboxylic acids is 1. The number of nitrogens with zero attached hydrogens (tertiary/aromatic N) is 3. The van der Waals surface area contributed by atoms with Gasteiger partial charge in [0.25, 0.3) is 0 Å². The number of halogens is 1. The van der Waals surface area contributed by atoms with Crippen molar-refractivity contribution in [3.63, 3.8) is 0 Å². The van der Waals surface area contributed by atoms with E-state index in [2.05, 4.69) is 4.57 Å². The van der Waals surface area contributed by atoms with Gasteiger partial charge in [-0.2, -0.15) is 0 Å². The summed E-state index contributed by atoms with van der Waals surface area (Å²) in [6, 6.07) is 24.7. The summed E-state index contributed by atoms with van der Waals surface area (Å²) in [6.07, 6.45) is 0.424. The van der Waals surface area contributed by atoms with Gasteiger partial charge in [-0.3, -0.25) is 4.79 Å². The minimum absolute atomic E-state index is 0.0135. The molecule has 0 bridgehead atoms. The fraction of sp³-hybridized carbons (Fsp3) is 0.200. The molecule has 5 heteroatoms. The van der Waals surface area contributed by atoms with Crippen LogP contribution in [0, 0.1) is 5.82 Å². The van der Waals surface area contributed by atoms with Crippen LogP contribution in [0.4, 0.5) is 4.39 Å². The van der Waals surface area contributed by atoms with Crippen molar-refractivity contribution < 1.29 is 9.18 Å². The van der Waals surface area contributed by atoms with Crippen LogP contribution in [0.25, 0.3) is 11.0 Å². The number of rotatable bonds is 5. The quantitative estimate of drug-likeness (QED) is 0.486. The van der Waals surface area contributed by atoms with Gasteiger partial charge in [-0.15, -0.1) is 0 Å². The lowest BCUT2D eigenvalue weighted by atomic mass is 10.1. The topological polar surface area (TPSA) is 38.1 Å². The summed E-state index contributed by atoms with van der Waals surface area (Å²) in [5.74, 6) is 0.742. The Labute approximate surface area is 174 Å². The maximum absolute atomic E-state index is 14.4. The summed E-state index contributed by atoms with van der Waals surface area (Å²) in [6.45, 7) is 1.62. The van der Waals surface area contributed by atoms with Crippen LogP contribution >= 0.6 is 0 Å². The number of amides is 1. The van der Waals surface area contributed by atoms with E-state index < -0.39 is 0 Å². The molecule has 1 fully saturated rings. The molecule has 1 aliphatic rings. The predicted molar refractivity (Wildman–Crippen MR) is 114 cm³/mol. The number of fused-ring (bicyclic) bond motifs is 1. The minimum Gasteiger partial charge on any atom is -0.338 e. The molecule has 0 unspecified atom stereocenters. The van der Waals surface area contributed by atoms with E-state index in [0.29, 0.717) is 31.6 Å². The molecular formula is C25H22FN3O. The molecule has 0 radical (unpaired) electrons. The molecule has 2 heterocycles. The van der Waals surface area contributed by atoms with Gasteiger partial charge >= 0.3 is 0 Å². The zero-order valence-electron chi connectivity index (χ0n) is 16.5. The Bertz CT molecular complexity index is 1200. The van der Waals surface area contributed by atoms with E-state index in [4.69, 9.17) is 4.98 Å². The highest BCUT2D eigenvalue weighted by Gasteiger charge is 2.34. The van der Waals surface area contributed by atoms with Crippen molar-refractivity contribution in [3.8, 4) is 0 Å². The number of para-hydroxylation sites is 2. The first-order valence-electron chi connectivity index (χ1n) is 10.2. The smallest absolute Gasteiger partial charge is 0.223 e. The van der Waals surface area contributed by atoms with Gasteiger partial charge in [0.1, 0.15) is 11.6 Å². The maximum Gasteiger partial charge on any atom is 0.223 e. The number of hydrogen-bond donors (Lipinski definition) is 0. The molecule has 1 saturated heterocycles. The fourth-order valence-electron chi connectivity index (χ4n) is 4.27. The van der Waals surface area contributed by atoms with E-state index in [9.17, 15) is 9.18 Å². The number of benzene rings is 3. The average molecular weight is 399 g/mol. The van der Waals surface area contributed by atoms with Crippen LogP contribution in [0.5, 0.6) is 0 Å². The van der Waals surface area contributed by atoms with Crippen molar-refractivity contribution in [2.75, 3.05) is 6.54 Å². The van der Waals surface area contributed by atoms with E-state index in [-0.39, 0.29) is 17.6 Å². The lowest BCUT2D eigenvalue weighted by Gasteiger charge is -2.17. The van der Waals surface area contributed by atoms with Crippen LogP contribution in [0.2, 0.25) is 0 Å². The minimum atomic E-state index is -0.227. The summed E-state index contributed by atoms with van der Waals surface area (Å²) in [7, 11) is 0. The summed E-state index contributed by atoms with van der Waals surface area (Å²) < 4.78 is 16.4. The molecule has 150 valence electrons. The Balaban J connectivity index is 1.48. The fourth-order valence-corrected chi connectivity index (χ4v) is 4.27. The molecule has 1 aromatic heterocycles. The third-order valence-electron chi connectivity index (χ3n) is 5.77. The second kappa shape index (κ2) is 7.75. The molecule has 0 N–H and O–H groups in total. The van der Waals surface area contributed by atoms with Crippen molar-refractivity contribution in [2.45, 2.75) is 25.4 Å². The second-order valence-corrected chi connectivity index (χ2v) is 7.80. The molecule has 1 amide bonds. The number of imidazole rings is 1. The molecule has 30 heavy (non-hydrogen) atoms. The number of likely N-dealkylation sites (tertiary alicyclic amines) is 1. The summed E-state index contributed by atoms with van der Waals surface area (Å²) in [5, 5.41) is 0. The zero-order valence-corrected chi connectivity index (χ0v) is 16.5. The van der Waals surface area contributed by atoms with E-state index >= 15 is 0 Å². The van der Waals surface area contributed by atoms with Crippen LogP contribution in [0.3, 0.4) is 0 Å². The van der Waals surface area contributed by atoms with Crippen molar-refractivity contribution >= 4 is 16.9 Å². The molecule has 5 rings (SSSR count). The van der Waals surface area contributed by atoms with Gasteiger partial charge < -0.3 is 9.47 Å². The van der Waals surface area contributed by atoms with Gasteiger partial charge in [-0.1, -0.05) is 60.7 Å². The van der Waals surface area contributed by atoms with Crippen molar-refractivity contribution in [1.82, 2.24) is 14.5 Å². The summed E-state index contributed by atoms with van der Waals surface area (Å²) in [4.78, 5) is 19.5. The van der Waals surface area contributed by atoms with Crippen LogP contribution in [0.1, 0.15) is 29.3 Å². The molecule has 3 aromatic carbocycles. The van der Waals surface area contributed by atoms with Gasteiger partial charge in [-0.25, -0.2) is 9.37 Å². The van der Waals surface area contributed by atoms with Crippen LogP contribution < -0.4 is 0 Å². The molecular weight excluding hydrogens is 377 g/mol. The third kappa shape index (κ3) is 3.47. The lowest BCUT2D eigenvalue weighted by Crippen LogP contribution is -2.24. The summed E-state index contributed by atoms with van der Waals surface area (Å²) >= 11 is 0. The molecule has 0 aliphatic carbocycles. The first kappa shape index (κ1) is 18.6. The van der Waals surface area contributed by atoms with Gasteiger partial charge in [0, 0.05) is 31.0 Å². The Kier molecular flexibility index (Phi) is 4.79. The standard InChI is InChI=1S/C25H22FN3O/c26-21-11-5-4-10-19(21)17-29-23-13-7-6-12-22(23)27-25(29)20-14-24(30)28(16-20)15-18-8-2-1-3-9-18/h1-13,20H,14-17H2/t20-/m0/s1. The Morgan fingerprint density at radius 3 is 2.47 bits per heavy atom. The molecule has 0 spiro atoms. The number of carbonyl (C=O) groups is 1. The first-order valence-corrected chi connectivity index (χ1v) is 10.2. The molecule has 4 nitrogen and oxygen atoms in total. The van der Waals surface area contributed by atoms with Crippen LogP contribution in [-0.2, 0) is 17.9 Å². The second-order valence-electron chi connectivity index (χ2n) is 7.80. The zero-order chi connectivity index (χ0) is 20.5. The summed E-state index contributed by atoms with van der Waals surface area (Å²) in [5.41, 5.74) is 3.57. The molecule has 1 aliphatic heterocycles. The van der Waals surface area contributed by atoms with Crippen molar-refractivity contribution in [3.05, 3.63) is 102 Å². The van der Waals surface area contributed by atoms with Crippen LogP contribution in [0.15, 0.2) is 78.9 Å². The highest BCUT2D eigenvalue weighted by atomic mass is 19.1. The highest BCUT2D eigenvalue weighted by Crippen LogP contribution is 2.32. The van der Waals surface area contributed by atoms with Gasteiger partial charge in [-0.05, 0) is 23.8 Å². The number of aromatic nitrogens is 2.